The first-order chi connectivity index (χ1) is 9.56. The van der Waals surface area contributed by atoms with Gasteiger partial charge in [-0.2, -0.15) is 0 Å². The van der Waals surface area contributed by atoms with Gasteiger partial charge in [0.2, 0.25) is 10.0 Å². The van der Waals surface area contributed by atoms with Gasteiger partial charge in [-0.3, -0.25) is 0 Å². The van der Waals surface area contributed by atoms with Crippen LogP contribution in [-0.4, -0.2) is 14.5 Å². The molecule has 4 nitrogen and oxygen atoms in total. The van der Waals surface area contributed by atoms with E-state index >= 15 is 0 Å². The summed E-state index contributed by atoms with van der Waals surface area (Å²) in [5.41, 5.74) is 8.74. The van der Waals surface area contributed by atoms with Gasteiger partial charge in [-0.15, -0.1) is 0 Å². The van der Waals surface area contributed by atoms with Gasteiger partial charge in [0.15, 0.2) is 0 Å². The van der Waals surface area contributed by atoms with Crippen molar-refractivity contribution in [3.05, 3.63) is 22.8 Å². The Labute approximate surface area is 129 Å². The van der Waals surface area contributed by atoms with E-state index in [1.807, 2.05) is 26.8 Å². The summed E-state index contributed by atoms with van der Waals surface area (Å²) in [6.07, 6.45) is 1.83. The Morgan fingerprint density at radius 3 is 2.19 bits per heavy atom. The average molecular weight is 312 g/mol. The number of sulfonamides is 1. The lowest BCUT2D eigenvalue weighted by atomic mass is 10.1. The Balaban J connectivity index is 3.09. The van der Waals surface area contributed by atoms with Crippen LogP contribution in [0.5, 0.6) is 0 Å². The van der Waals surface area contributed by atoms with Crippen LogP contribution in [0.3, 0.4) is 0 Å². The highest BCUT2D eigenvalue weighted by molar-refractivity contribution is 7.89. The van der Waals surface area contributed by atoms with E-state index in [4.69, 9.17) is 5.73 Å². The molecule has 1 atom stereocenters. The third kappa shape index (κ3) is 4.45. The lowest BCUT2D eigenvalue weighted by molar-refractivity contribution is 0.485. The van der Waals surface area contributed by atoms with Gasteiger partial charge in [-0.05, 0) is 69.2 Å². The summed E-state index contributed by atoms with van der Waals surface area (Å²) in [5, 5.41) is 0. The molecule has 3 N–H and O–H groups in total. The molecule has 120 valence electrons. The maximum Gasteiger partial charge on any atom is 0.241 e. The molecule has 1 aromatic carbocycles. The smallest absolute Gasteiger partial charge is 0.241 e. The molecule has 0 radical (unpaired) electrons. The molecule has 0 saturated carbocycles. The van der Waals surface area contributed by atoms with Crippen LogP contribution in [0.2, 0.25) is 0 Å². The zero-order chi connectivity index (χ0) is 16.4. The van der Waals surface area contributed by atoms with E-state index in [9.17, 15) is 8.42 Å². The highest BCUT2D eigenvalue weighted by Crippen LogP contribution is 2.28. The van der Waals surface area contributed by atoms with Crippen LogP contribution in [0.15, 0.2) is 11.0 Å². The maximum atomic E-state index is 12.7. The average Bonchev–Trinajstić information content (AvgIpc) is 2.33. The molecule has 0 aromatic heterocycles. The van der Waals surface area contributed by atoms with Crippen LogP contribution in [0.25, 0.3) is 0 Å². The molecule has 0 heterocycles. The summed E-state index contributed by atoms with van der Waals surface area (Å²) >= 11 is 0. The van der Waals surface area contributed by atoms with Crippen LogP contribution < -0.4 is 10.5 Å². The Hall–Kier alpha value is -1.07. The molecule has 21 heavy (non-hydrogen) atoms. The van der Waals surface area contributed by atoms with Crippen molar-refractivity contribution in [3.63, 3.8) is 0 Å². The molecule has 0 aliphatic carbocycles. The van der Waals surface area contributed by atoms with Crippen LogP contribution >= 0.6 is 0 Å². The normalized spacial score (nSPS) is 13.7. The fraction of sp³-hybridized carbons (Fsp3) is 0.625. The topological polar surface area (TPSA) is 72.2 Å². The summed E-state index contributed by atoms with van der Waals surface area (Å²) in [6, 6.07) is 1.74. The van der Waals surface area contributed by atoms with Crippen molar-refractivity contribution in [2.75, 3.05) is 5.73 Å². The van der Waals surface area contributed by atoms with Gasteiger partial charge in [0.25, 0.3) is 0 Å². The number of hydrogen-bond acceptors (Lipinski definition) is 3. The van der Waals surface area contributed by atoms with E-state index in [1.165, 1.54) is 0 Å². The SMILES string of the molecule is Cc1cc(N)c(C)c(S(=O)(=O)NC(C)CCC(C)C)c1C. The molecule has 0 aliphatic heterocycles. The monoisotopic (exact) mass is 312 g/mol. The zero-order valence-corrected chi connectivity index (χ0v) is 14.8. The van der Waals surface area contributed by atoms with Gasteiger partial charge in [0.1, 0.15) is 0 Å². The highest BCUT2D eigenvalue weighted by atomic mass is 32.2. The summed E-state index contributed by atoms with van der Waals surface area (Å²) < 4.78 is 28.1. The van der Waals surface area contributed by atoms with Gasteiger partial charge >= 0.3 is 0 Å². The quantitative estimate of drug-likeness (QED) is 0.792. The van der Waals surface area contributed by atoms with Crippen molar-refractivity contribution in [2.24, 2.45) is 5.92 Å². The van der Waals surface area contributed by atoms with E-state index in [0.717, 1.165) is 24.0 Å². The number of anilines is 1. The van der Waals surface area contributed by atoms with Gasteiger partial charge in [-0.25, -0.2) is 13.1 Å². The highest BCUT2D eigenvalue weighted by Gasteiger charge is 2.24. The minimum absolute atomic E-state index is 0.0852. The molecular weight excluding hydrogens is 284 g/mol. The summed E-state index contributed by atoms with van der Waals surface area (Å²) in [5.74, 6) is 0.565. The second kappa shape index (κ2) is 6.79. The number of benzene rings is 1. The van der Waals surface area contributed by atoms with Crippen LogP contribution in [0.1, 0.15) is 50.3 Å². The van der Waals surface area contributed by atoms with Crippen molar-refractivity contribution < 1.29 is 8.42 Å². The molecule has 0 spiro atoms. The van der Waals surface area contributed by atoms with E-state index in [-0.39, 0.29) is 6.04 Å². The first-order valence-corrected chi connectivity index (χ1v) is 8.93. The third-order valence-corrected chi connectivity index (χ3v) is 5.74. The first kappa shape index (κ1) is 18.0. The molecule has 0 aliphatic rings. The fourth-order valence-electron chi connectivity index (χ4n) is 2.41. The number of nitrogens with two attached hydrogens (primary N) is 1. The zero-order valence-electron chi connectivity index (χ0n) is 13.9. The van der Waals surface area contributed by atoms with Gasteiger partial charge in [0.05, 0.1) is 4.90 Å². The van der Waals surface area contributed by atoms with Crippen molar-refractivity contribution in [3.8, 4) is 0 Å². The second-order valence-corrected chi connectivity index (χ2v) is 8.01. The number of aryl methyl sites for hydroxylation is 1. The number of hydrogen-bond donors (Lipinski definition) is 2. The fourth-order valence-corrected chi connectivity index (χ4v) is 4.26. The summed E-state index contributed by atoms with van der Waals surface area (Å²) in [7, 11) is -3.54. The van der Waals surface area contributed by atoms with E-state index in [1.54, 1.807) is 6.92 Å². The molecule has 0 saturated heterocycles. The molecule has 1 rings (SSSR count). The van der Waals surface area contributed by atoms with Crippen molar-refractivity contribution >= 4 is 15.7 Å². The molecular formula is C16H28N2O2S. The molecule has 5 heteroatoms. The van der Waals surface area contributed by atoms with Crippen molar-refractivity contribution in [1.82, 2.24) is 4.72 Å². The van der Waals surface area contributed by atoms with Crippen LogP contribution in [0, 0.1) is 26.7 Å². The largest absolute Gasteiger partial charge is 0.398 e. The Kier molecular flexibility index (Phi) is 5.82. The second-order valence-electron chi connectivity index (χ2n) is 6.36. The van der Waals surface area contributed by atoms with Crippen molar-refractivity contribution in [2.45, 2.75) is 65.3 Å². The number of nitrogen functional groups attached to an aromatic ring is 1. The third-order valence-electron chi connectivity index (χ3n) is 3.88. The summed E-state index contributed by atoms with van der Waals surface area (Å²) in [6.45, 7) is 11.6. The van der Waals surface area contributed by atoms with Gasteiger partial charge < -0.3 is 5.73 Å². The minimum atomic E-state index is -3.54. The van der Waals surface area contributed by atoms with E-state index in [0.29, 0.717) is 22.1 Å². The standard InChI is InChI=1S/C16H28N2O2S/c1-10(2)7-8-12(4)18-21(19,20)16-13(5)11(3)9-15(17)14(16)6/h9-10,12,18H,7-8,17H2,1-6H3. The molecule has 0 bridgehead atoms. The van der Waals surface area contributed by atoms with E-state index < -0.39 is 10.0 Å². The summed E-state index contributed by atoms with van der Waals surface area (Å²) in [4.78, 5) is 0.330. The predicted molar refractivity (Wildman–Crippen MR) is 88.9 cm³/mol. The Morgan fingerprint density at radius 2 is 1.67 bits per heavy atom. The Morgan fingerprint density at radius 1 is 1.10 bits per heavy atom. The van der Waals surface area contributed by atoms with Crippen molar-refractivity contribution in [1.29, 1.82) is 0 Å². The predicted octanol–water partition coefficient (Wildman–Crippen LogP) is 3.30. The lowest BCUT2D eigenvalue weighted by Gasteiger charge is -2.19. The molecule has 0 amide bonds. The van der Waals surface area contributed by atoms with Crippen LogP contribution in [0.4, 0.5) is 5.69 Å². The molecule has 1 unspecified atom stereocenters. The molecule has 1 aromatic rings. The van der Waals surface area contributed by atoms with Gasteiger partial charge in [-0.1, -0.05) is 13.8 Å². The lowest BCUT2D eigenvalue weighted by Crippen LogP contribution is -2.34. The maximum absolute atomic E-state index is 12.7. The number of nitrogens with one attached hydrogen (secondary N) is 1. The van der Waals surface area contributed by atoms with E-state index in [2.05, 4.69) is 18.6 Å². The van der Waals surface area contributed by atoms with Gasteiger partial charge in [0, 0.05) is 11.7 Å². The molecule has 0 fully saturated rings. The Bertz CT molecular complexity index is 581. The number of rotatable bonds is 6. The van der Waals surface area contributed by atoms with Crippen LogP contribution in [-0.2, 0) is 10.0 Å². The first-order valence-electron chi connectivity index (χ1n) is 7.44. The minimum Gasteiger partial charge on any atom is -0.398 e.